The molecule has 0 saturated carbocycles. The van der Waals surface area contributed by atoms with E-state index >= 15 is 0 Å². The largest absolute Gasteiger partial charge is 0.332 e. The van der Waals surface area contributed by atoms with E-state index in [1.165, 1.54) is 11.6 Å². The van der Waals surface area contributed by atoms with Gasteiger partial charge in [-0.2, -0.15) is 0 Å². The zero-order valence-electron chi connectivity index (χ0n) is 11.8. The molecule has 108 valence electrons. The van der Waals surface area contributed by atoms with Gasteiger partial charge in [0.05, 0.1) is 0 Å². The summed E-state index contributed by atoms with van der Waals surface area (Å²) in [6.07, 6.45) is 3.24. The average molecular weight is 316 g/mol. The lowest BCUT2D eigenvalue weighted by atomic mass is 10.1. The van der Waals surface area contributed by atoms with Crippen LogP contribution in [0.15, 0.2) is 41.8 Å². The third-order valence-electron chi connectivity index (χ3n) is 2.81. The summed E-state index contributed by atoms with van der Waals surface area (Å²) in [5, 5.41) is 7.92. The van der Waals surface area contributed by atoms with Crippen molar-refractivity contribution in [2.75, 3.05) is 5.32 Å². The van der Waals surface area contributed by atoms with Crippen LogP contribution in [0.5, 0.6) is 0 Å². The Hall–Kier alpha value is -1.98. The molecule has 0 fully saturated rings. The number of benzene rings is 1. The second-order valence-electron chi connectivity index (χ2n) is 4.61. The van der Waals surface area contributed by atoms with Crippen molar-refractivity contribution in [3.05, 3.63) is 57.8 Å². The van der Waals surface area contributed by atoms with Gasteiger partial charge in [0.1, 0.15) is 0 Å². The van der Waals surface area contributed by atoms with Crippen molar-refractivity contribution in [3.63, 3.8) is 0 Å². The van der Waals surface area contributed by atoms with Gasteiger partial charge in [0, 0.05) is 16.6 Å². The summed E-state index contributed by atoms with van der Waals surface area (Å²) in [4.78, 5) is 12.8. The number of rotatable bonds is 3. The Balaban J connectivity index is 1.90. The van der Waals surface area contributed by atoms with Crippen molar-refractivity contribution in [2.24, 2.45) is 0 Å². The molecule has 0 aliphatic rings. The number of carbonyl (C=O) groups is 1. The standard InChI is InChI=1S/C16H16N2OS2/c1-11-5-7-14(12(2)10-11)17-16(20)18-15(19)8-6-13-4-3-9-21-13/h3-10H,1-2H3,(H2,17,18,19,20). The summed E-state index contributed by atoms with van der Waals surface area (Å²) >= 11 is 6.72. The lowest BCUT2D eigenvalue weighted by molar-refractivity contribution is -0.115. The van der Waals surface area contributed by atoms with Crippen LogP contribution in [0.25, 0.3) is 6.08 Å². The maximum atomic E-state index is 11.8. The van der Waals surface area contributed by atoms with E-state index in [9.17, 15) is 4.79 Å². The number of anilines is 1. The minimum absolute atomic E-state index is 0.245. The second kappa shape index (κ2) is 7.15. The van der Waals surface area contributed by atoms with E-state index in [0.717, 1.165) is 16.1 Å². The van der Waals surface area contributed by atoms with Crippen LogP contribution in [0.4, 0.5) is 5.69 Å². The van der Waals surface area contributed by atoms with Crippen molar-refractivity contribution >= 4 is 46.3 Å². The summed E-state index contributed by atoms with van der Waals surface area (Å²) in [6, 6.07) is 9.89. The molecule has 0 bridgehead atoms. The van der Waals surface area contributed by atoms with Crippen LogP contribution >= 0.6 is 23.6 Å². The molecule has 0 spiro atoms. The number of carbonyl (C=O) groups excluding carboxylic acids is 1. The van der Waals surface area contributed by atoms with Gasteiger partial charge in [0.15, 0.2) is 5.11 Å². The van der Waals surface area contributed by atoms with E-state index < -0.39 is 0 Å². The molecular weight excluding hydrogens is 300 g/mol. The van der Waals surface area contributed by atoms with Gasteiger partial charge in [-0.1, -0.05) is 23.8 Å². The third kappa shape index (κ3) is 4.81. The number of thiophene rings is 1. The first-order chi connectivity index (χ1) is 10.0. The van der Waals surface area contributed by atoms with Crippen molar-refractivity contribution < 1.29 is 4.79 Å². The van der Waals surface area contributed by atoms with Gasteiger partial charge in [-0.05, 0) is 55.2 Å². The maximum Gasteiger partial charge on any atom is 0.250 e. The van der Waals surface area contributed by atoms with Crippen LogP contribution in [-0.4, -0.2) is 11.0 Å². The topological polar surface area (TPSA) is 41.1 Å². The summed E-state index contributed by atoms with van der Waals surface area (Å²) in [6.45, 7) is 4.03. The SMILES string of the molecule is Cc1ccc(NC(=S)NC(=O)C=Cc2cccs2)c(C)c1. The molecule has 3 nitrogen and oxygen atoms in total. The lowest BCUT2D eigenvalue weighted by Gasteiger charge is -2.11. The maximum absolute atomic E-state index is 11.8. The fraction of sp³-hybridized carbons (Fsp3) is 0.125. The molecule has 1 heterocycles. The van der Waals surface area contributed by atoms with Crippen LogP contribution in [0.1, 0.15) is 16.0 Å². The molecule has 21 heavy (non-hydrogen) atoms. The Bertz CT molecular complexity index is 676. The van der Waals surface area contributed by atoms with Crippen LogP contribution in [0.2, 0.25) is 0 Å². The molecule has 0 radical (unpaired) electrons. The highest BCUT2D eigenvalue weighted by atomic mass is 32.1. The zero-order chi connectivity index (χ0) is 15.2. The molecule has 2 aromatic rings. The molecule has 0 saturated heterocycles. The van der Waals surface area contributed by atoms with Gasteiger partial charge in [0.25, 0.3) is 0 Å². The second-order valence-corrected chi connectivity index (χ2v) is 6.00. The fourth-order valence-electron chi connectivity index (χ4n) is 1.80. The summed E-state index contributed by atoms with van der Waals surface area (Å²) in [5.41, 5.74) is 3.17. The predicted molar refractivity (Wildman–Crippen MR) is 93.6 cm³/mol. The minimum Gasteiger partial charge on any atom is -0.332 e. The number of amides is 1. The highest BCUT2D eigenvalue weighted by Crippen LogP contribution is 2.15. The summed E-state index contributed by atoms with van der Waals surface area (Å²) < 4.78 is 0. The molecule has 2 N–H and O–H groups in total. The van der Waals surface area contributed by atoms with E-state index in [1.54, 1.807) is 17.4 Å². The van der Waals surface area contributed by atoms with E-state index in [-0.39, 0.29) is 5.91 Å². The molecular formula is C16H16N2OS2. The van der Waals surface area contributed by atoms with Gasteiger partial charge >= 0.3 is 0 Å². The quantitative estimate of drug-likeness (QED) is 0.667. The number of hydrogen-bond donors (Lipinski definition) is 2. The van der Waals surface area contributed by atoms with Crippen molar-refractivity contribution in [2.45, 2.75) is 13.8 Å². The van der Waals surface area contributed by atoms with Crippen molar-refractivity contribution in [3.8, 4) is 0 Å². The molecule has 1 aromatic carbocycles. The zero-order valence-corrected chi connectivity index (χ0v) is 13.5. The number of thiocarbonyl (C=S) groups is 1. The first kappa shape index (κ1) is 15.4. The first-order valence-corrected chi connectivity index (χ1v) is 7.74. The molecule has 5 heteroatoms. The van der Waals surface area contributed by atoms with Gasteiger partial charge < -0.3 is 5.32 Å². The molecule has 0 aliphatic heterocycles. The Kier molecular flexibility index (Phi) is 5.25. The van der Waals surface area contributed by atoms with Gasteiger partial charge in [-0.15, -0.1) is 11.3 Å². The molecule has 0 unspecified atom stereocenters. The molecule has 1 aromatic heterocycles. The molecule has 0 atom stereocenters. The molecule has 1 amide bonds. The van der Waals surface area contributed by atoms with E-state index in [1.807, 2.05) is 43.5 Å². The Morgan fingerprint density at radius 3 is 2.76 bits per heavy atom. The Morgan fingerprint density at radius 1 is 1.29 bits per heavy atom. The van der Waals surface area contributed by atoms with Gasteiger partial charge in [0.2, 0.25) is 5.91 Å². The first-order valence-electron chi connectivity index (χ1n) is 6.45. The Morgan fingerprint density at radius 2 is 2.10 bits per heavy atom. The lowest BCUT2D eigenvalue weighted by Crippen LogP contribution is -2.33. The van der Waals surface area contributed by atoms with Gasteiger partial charge in [-0.25, -0.2) is 0 Å². The third-order valence-corrected chi connectivity index (χ3v) is 3.85. The van der Waals surface area contributed by atoms with Crippen LogP contribution in [-0.2, 0) is 4.79 Å². The highest BCUT2D eigenvalue weighted by Gasteiger charge is 2.04. The monoisotopic (exact) mass is 316 g/mol. The van der Waals surface area contributed by atoms with Crippen LogP contribution in [0.3, 0.4) is 0 Å². The smallest absolute Gasteiger partial charge is 0.250 e. The predicted octanol–water partition coefficient (Wildman–Crippen LogP) is 3.89. The number of aryl methyl sites for hydroxylation is 2. The highest BCUT2D eigenvalue weighted by molar-refractivity contribution is 7.80. The van der Waals surface area contributed by atoms with E-state index in [2.05, 4.69) is 16.7 Å². The van der Waals surface area contributed by atoms with Crippen molar-refractivity contribution in [1.82, 2.24) is 5.32 Å². The molecule has 2 rings (SSSR count). The van der Waals surface area contributed by atoms with Gasteiger partial charge in [-0.3, -0.25) is 10.1 Å². The summed E-state index contributed by atoms with van der Waals surface area (Å²) in [7, 11) is 0. The van der Waals surface area contributed by atoms with Crippen LogP contribution < -0.4 is 10.6 Å². The fourth-order valence-corrected chi connectivity index (χ4v) is 2.63. The van der Waals surface area contributed by atoms with E-state index in [0.29, 0.717) is 5.11 Å². The number of hydrogen-bond acceptors (Lipinski definition) is 3. The minimum atomic E-state index is -0.245. The molecule has 0 aliphatic carbocycles. The summed E-state index contributed by atoms with van der Waals surface area (Å²) in [5.74, 6) is -0.245. The van der Waals surface area contributed by atoms with Crippen molar-refractivity contribution in [1.29, 1.82) is 0 Å². The van der Waals surface area contributed by atoms with E-state index in [4.69, 9.17) is 12.2 Å². The number of nitrogens with one attached hydrogen (secondary N) is 2. The Labute approximate surface area is 133 Å². The normalized spacial score (nSPS) is 10.6. The average Bonchev–Trinajstić information content (AvgIpc) is 2.93. The van der Waals surface area contributed by atoms with Crippen LogP contribution in [0, 0.1) is 13.8 Å².